The number of aryl methyl sites for hydroxylation is 2. The van der Waals surface area contributed by atoms with Crippen molar-refractivity contribution in [3.05, 3.63) is 82.8 Å². The number of halogens is 1. The van der Waals surface area contributed by atoms with Crippen LogP contribution in [0, 0.1) is 17.1 Å². The minimum atomic E-state index is -0.292. The lowest BCUT2D eigenvalue weighted by atomic mass is 10.00. The van der Waals surface area contributed by atoms with Gasteiger partial charge in [0.1, 0.15) is 5.82 Å². The van der Waals surface area contributed by atoms with Gasteiger partial charge in [0.05, 0.1) is 17.3 Å². The summed E-state index contributed by atoms with van der Waals surface area (Å²) in [6, 6.07) is 15.0. The first-order chi connectivity index (χ1) is 12.2. The van der Waals surface area contributed by atoms with E-state index in [0.29, 0.717) is 16.8 Å². The van der Waals surface area contributed by atoms with E-state index in [1.165, 1.54) is 17.8 Å². The number of unbranched alkanes of at least 4 members (excludes halogenated alkanes) is 1. The van der Waals surface area contributed by atoms with E-state index < -0.39 is 0 Å². The van der Waals surface area contributed by atoms with Crippen molar-refractivity contribution in [1.82, 2.24) is 0 Å². The van der Waals surface area contributed by atoms with Crippen molar-refractivity contribution in [3.63, 3.8) is 0 Å². The molecule has 2 rings (SSSR count). The highest BCUT2D eigenvalue weighted by Crippen LogP contribution is 2.16. The third-order valence-corrected chi connectivity index (χ3v) is 4.07. The Balaban J connectivity index is 1.93. The fraction of sp³-hybridized carbons (Fsp3) is 0.238. The highest BCUT2D eigenvalue weighted by Gasteiger charge is 2.08. The summed E-state index contributed by atoms with van der Waals surface area (Å²) < 4.78 is 14.0. The molecular formula is C21H22FN3. The maximum Gasteiger partial charge on any atom is 0.132 e. The molecule has 0 heterocycles. The van der Waals surface area contributed by atoms with Crippen molar-refractivity contribution >= 4 is 5.71 Å². The molecular weight excluding hydrogens is 313 g/mol. The second-order valence-electron chi connectivity index (χ2n) is 5.80. The summed E-state index contributed by atoms with van der Waals surface area (Å²) in [4.78, 5) is 4.09. The van der Waals surface area contributed by atoms with E-state index >= 15 is 0 Å². The summed E-state index contributed by atoms with van der Waals surface area (Å²) in [5.74, 6) is -0.292. The van der Waals surface area contributed by atoms with Gasteiger partial charge in [-0.15, -0.1) is 0 Å². The van der Waals surface area contributed by atoms with E-state index in [9.17, 15) is 4.39 Å². The highest BCUT2D eigenvalue weighted by molar-refractivity contribution is 6.08. The molecule has 0 saturated carbocycles. The van der Waals surface area contributed by atoms with Crippen LogP contribution < -0.4 is 5.73 Å². The molecule has 0 aromatic heterocycles. The van der Waals surface area contributed by atoms with Crippen LogP contribution >= 0.6 is 0 Å². The summed E-state index contributed by atoms with van der Waals surface area (Å²) in [6.07, 6.45) is 6.87. The molecule has 25 heavy (non-hydrogen) atoms. The summed E-state index contributed by atoms with van der Waals surface area (Å²) in [6.45, 7) is 0. The molecule has 3 nitrogen and oxygen atoms in total. The predicted molar refractivity (Wildman–Crippen MR) is 100.0 cm³/mol. The van der Waals surface area contributed by atoms with E-state index in [0.717, 1.165) is 31.2 Å². The molecule has 0 fully saturated rings. The van der Waals surface area contributed by atoms with Crippen LogP contribution in [0.5, 0.6) is 0 Å². The van der Waals surface area contributed by atoms with Gasteiger partial charge < -0.3 is 5.73 Å². The lowest BCUT2D eigenvalue weighted by molar-refractivity contribution is 0.623. The van der Waals surface area contributed by atoms with Crippen LogP contribution in [-0.4, -0.2) is 12.8 Å². The van der Waals surface area contributed by atoms with Crippen molar-refractivity contribution in [2.75, 3.05) is 7.05 Å². The zero-order chi connectivity index (χ0) is 18.1. The molecule has 128 valence electrons. The highest BCUT2D eigenvalue weighted by atomic mass is 19.1. The van der Waals surface area contributed by atoms with Gasteiger partial charge >= 0.3 is 0 Å². The molecule has 0 atom stereocenters. The van der Waals surface area contributed by atoms with Crippen LogP contribution in [-0.2, 0) is 12.8 Å². The van der Waals surface area contributed by atoms with Gasteiger partial charge in [0.25, 0.3) is 0 Å². The second-order valence-corrected chi connectivity index (χ2v) is 5.80. The molecule has 0 aliphatic heterocycles. The van der Waals surface area contributed by atoms with Crippen molar-refractivity contribution < 1.29 is 4.39 Å². The van der Waals surface area contributed by atoms with Crippen molar-refractivity contribution in [3.8, 4) is 6.07 Å². The summed E-state index contributed by atoms with van der Waals surface area (Å²) in [5, 5.41) is 8.80. The Morgan fingerprint density at radius 3 is 2.36 bits per heavy atom. The van der Waals surface area contributed by atoms with Crippen LogP contribution in [0.25, 0.3) is 0 Å². The Morgan fingerprint density at radius 1 is 1.12 bits per heavy atom. The topological polar surface area (TPSA) is 62.2 Å². The van der Waals surface area contributed by atoms with Gasteiger partial charge in [-0.05, 0) is 73.4 Å². The van der Waals surface area contributed by atoms with Crippen LogP contribution in [0.1, 0.15) is 35.1 Å². The van der Waals surface area contributed by atoms with Crippen molar-refractivity contribution in [2.45, 2.75) is 25.7 Å². The van der Waals surface area contributed by atoms with Gasteiger partial charge in [0, 0.05) is 12.6 Å². The third-order valence-electron chi connectivity index (χ3n) is 4.07. The number of hydrogen-bond acceptors (Lipinski definition) is 3. The lowest BCUT2D eigenvalue weighted by Gasteiger charge is -2.07. The molecule has 0 aliphatic carbocycles. The SMILES string of the molecule is CN=C(C=CN)c1cc(CCCCc2ccc(C#N)cc2)ccc1F. The molecule has 0 unspecified atom stereocenters. The van der Waals surface area contributed by atoms with Gasteiger partial charge in [0.2, 0.25) is 0 Å². The van der Waals surface area contributed by atoms with E-state index in [-0.39, 0.29) is 5.82 Å². The quantitative estimate of drug-likeness (QED) is 0.610. The number of aliphatic imine (C=N–C) groups is 1. The van der Waals surface area contributed by atoms with Crippen molar-refractivity contribution in [1.29, 1.82) is 5.26 Å². The fourth-order valence-electron chi connectivity index (χ4n) is 2.70. The summed E-state index contributed by atoms with van der Waals surface area (Å²) in [5.41, 5.74) is 9.42. The van der Waals surface area contributed by atoms with E-state index in [1.807, 2.05) is 36.4 Å². The number of benzene rings is 2. The normalized spacial score (nSPS) is 11.6. The fourth-order valence-corrected chi connectivity index (χ4v) is 2.70. The summed E-state index contributed by atoms with van der Waals surface area (Å²) in [7, 11) is 1.62. The van der Waals surface area contributed by atoms with E-state index in [4.69, 9.17) is 11.0 Å². The molecule has 2 aromatic carbocycles. The third kappa shape index (κ3) is 5.29. The summed E-state index contributed by atoms with van der Waals surface area (Å²) >= 11 is 0. The van der Waals surface area contributed by atoms with Crippen LogP contribution in [0.4, 0.5) is 4.39 Å². The Labute approximate surface area is 148 Å². The first-order valence-corrected chi connectivity index (χ1v) is 8.31. The minimum Gasteiger partial charge on any atom is -0.405 e. The zero-order valence-electron chi connectivity index (χ0n) is 14.4. The van der Waals surface area contributed by atoms with Crippen LogP contribution in [0.15, 0.2) is 59.7 Å². The first-order valence-electron chi connectivity index (χ1n) is 8.31. The second kappa shape index (κ2) is 9.39. The molecule has 2 N–H and O–H groups in total. The smallest absolute Gasteiger partial charge is 0.132 e. The first kappa shape index (κ1) is 18.4. The van der Waals surface area contributed by atoms with Crippen LogP contribution in [0.2, 0.25) is 0 Å². The molecule has 0 spiro atoms. The largest absolute Gasteiger partial charge is 0.405 e. The van der Waals surface area contributed by atoms with E-state index in [2.05, 4.69) is 11.1 Å². The number of rotatable bonds is 7. The number of nitrogens with two attached hydrogens (primary N) is 1. The Hall–Kier alpha value is -2.93. The van der Waals surface area contributed by atoms with Gasteiger partial charge in [-0.2, -0.15) is 5.26 Å². The average molecular weight is 335 g/mol. The Bertz CT molecular complexity index is 799. The minimum absolute atomic E-state index is 0.292. The van der Waals surface area contributed by atoms with Gasteiger partial charge in [-0.1, -0.05) is 18.2 Å². The predicted octanol–water partition coefficient (Wildman–Crippen LogP) is 4.15. The van der Waals surface area contributed by atoms with Crippen LogP contribution in [0.3, 0.4) is 0 Å². The zero-order valence-corrected chi connectivity index (χ0v) is 14.4. The number of hydrogen-bond donors (Lipinski definition) is 1. The Kier molecular flexibility index (Phi) is 6.91. The molecule has 0 amide bonds. The molecule has 0 bridgehead atoms. The van der Waals surface area contributed by atoms with Gasteiger partial charge in [-0.25, -0.2) is 4.39 Å². The Morgan fingerprint density at radius 2 is 1.76 bits per heavy atom. The molecule has 0 radical (unpaired) electrons. The number of allylic oxidation sites excluding steroid dienone is 1. The lowest BCUT2D eigenvalue weighted by Crippen LogP contribution is -2.03. The molecule has 0 aliphatic rings. The number of nitrogens with zero attached hydrogens (tertiary/aromatic N) is 2. The number of nitriles is 1. The maximum atomic E-state index is 14.0. The van der Waals surface area contributed by atoms with Gasteiger partial charge in [0.15, 0.2) is 0 Å². The van der Waals surface area contributed by atoms with E-state index in [1.54, 1.807) is 13.1 Å². The van der Waals surface area contributed by atoms with Crippen molar-refractivity contribution in [2.24, 2.45) is 10.7 Å². The monoisotopic (exact) mass is 335 g/mol. The molecule has 2 aromatic rings. The molecule has 4 heteroatoms. The average Bonchev–Trinajstić information content (AvgIpc) is 2.65. The maximum absolute atomic E-state index is 14.0. The van der Waals surface area contributed by atoms with Gasteiger partial charge in [-0.3, -0.25) is 4.99 Å². The molecule has 0 saturated heterocycles. The standard InChI is InChI=1S/C21H22FN3/c1-25-21(12-13-23)19-14-17(10-11-20(19)22)5-3-2-4-16-6-8-18(15-24)9-7-16/h6-14H,2-5,23H2,1H3.